The molecule has 5 nitrogen and oxygen atoms in total. The Hall–Kier alpha value is -1.00. The van der Waals surface area contributed by atoms with Crippen LogP contribution in [0.1, 0.15) is 34.8 Å². The van der Waals surface area contributed by atoms with Gasteiger partial charge in [-0.25, -0.2) is 0 Å². The van der Waals surface area contributed by atoms with Gasteiger partial charge in [0.2, 0.25) is 0 Å². The lowest BCUT2D eigenvalue weighted by atomic mass is 9.85. The van der Waals surface area contributed by atoms with Crippen LogP contribution in [0.15, 0.2) is 0 Å². The third kappa shape index (κ3) is 3.27. The first-order valence-corrected chi connectivity index (χ1v) is 7.87. The summed E-state index contributed by atoms with van der Waals surface area (Å²) in [5.41, 5.74) is 0.616. The number of halogens is 3. The van der Waals surface area contributed by atoms with Crippen molar-refractivity contribution >= 4 is 63.0 Å². The number of hydrogen-bond acceptors (Lipinski definition) is 4. The Morgan fingerprint density at radius 2 is 2.10 bits per heavy atom. The minimum atomic E-state index is -2.15. The maximum absolute atomic E-state index is 11.7. The predicted molar refractivity (Wildman–Crippen MR) is 81.3 cm³/mol. The molecule has 112 valence electrons. The van der Waals surface area contributed by atoms with Gasteiger partial charge in [0.05, 0.1) is 11.5 Å². The Bertz CT molecular complexity index is 645. The quantitative estimate of drug-likeness (QED) is 0.784. The Labute approximate surface area is 139 Å². The van der Waals surface area contributed by atoms with Crippen LogP contribution in [0.25, 0.3) is 0 Å². The molecule has 0 saturated heterocycles. The predicted octanol–water partition coefficient (Wildman–Crippen LogP) is 3.43. The van der Waals surface area contributed by atoms with Crippen molar-refractivity contribution in [1.82, 2.24) is 0 Å². The van der Waals surface area contributed by atoms with Gasteiger partial charge < -0.3 is 10.4 Å². The molecular weight excluding hydrogens is 359 g/mol. The van der Waals surface area contributed by atoms with E-state index in [-0.39, 0.29) is 10.6 Å². The smallest absolute Gasteiger partial charge is 0.311 e. The largest absolute Gasteiger partial charge is 0.481 e. The molecule has 0 saturated carbocycles. The van der Waals surface area contributed by atoms with Crippen LogP contribution >= 0.6 is 46.1 Å². The molecule has 1 unspecified atom stereocenters. The first kappa shape index (κ1) is 16.4. The molecule has 1 amide bonds. The van der Waals surface area contributed by atoms with Crippen LogP contribution in [0.5, 0.6) is 0 Å². The van der Waals surface area contributed by atoms with Crippen LogP contribution in [-0.4, -0.2) is 20.8 Å². The lowest BCUT2D eigenvalue weighted by molar-refractivity contribution is -0.139. The number of nitrogens with one attached hydrogen (secondary N) is 1. The normalized spacial score (nSPS) is 17.7. The van der Waals surface area contributed by atoms with E-state index in [1.165, 1.54) is 0 Å². The van der Waals surface area contributed by atoms with Gasteiger partial charge >= 0.3 is 5.97 Å². The molecule has 1 aliphatic carbocycles. The van der Waals surface area contributed by atoms with E-state index in [0.717, 1.165) is 16.2 Å². The number of aryl methyl sites for hydroxylation is 1. The number of hydrogen-bond donors (Lipinski definition) is 2. The molecule has 1 aromatic rings. The van der Waals surface area contributed by atoms with E-state index in [4.69, 9.17) is 34.8 Å². The summed E-state index contributed by atoms with van der Waals surface area (Å²) in [5.74, 6) is -2.60. The number of nitriles is 1. The second-order valence-corrected chi connectivity index (χ2v) is 7.88. The number of carbonyl (C=O) groups is 2. The summed E-state index contributed by atoms with van der Waals surface area (Å²) in [7, 11) is 0. The molecule has 2 rings (SSSR count). The molecule has 9 heteroatoms. The molecule has 0 aliphatic heterocycles. The van der Waals surface area contributed by atoms with Gasteiger partial charge in [-0.3, -0.25) is 9.59 Å². The minimum absolute atomic E-state index is 0.143. The van der Waals surface area contributed by atoms with E-state index in [2.05, 4.69) is 5.32 Å². The van der Waals surface area contributed by atoms with E-state index in [1.807, 2.05) is 6.07 Å². The van der Waals surface area contributed by atoms with Gasteiger partial charge in [0.15, 0.2) is 0 Å². The van der Waals surface area contributed by atoms with Gasteiger partial charge in [-0.05, 0) is 19.3 Å². The summed E-state index contributed by atoms with van der Waals surface area (Å²) in [6, 6.07) is 1.95. The Morgan fingerprint density at radius 1 is 1.43 bits per heavy atom. The van der Waals surface area contributed by atoms with Crippen molar-refractivity contribution in [2.24, 2.45) is 0 Å². The number of carboxylic acids is 1. The highest BCUT2D eigenvalue weighted by atomic mass is 35.6. The number of rotatable bonds is 2. The molecular formula is C12H9Cl3N2O3S. The van der Waals surface area contributed by atoms with Crippen LogP contribution in [-0.2, 0) is 16.0 Å². The van der Waals surface area contributed by atoms with Gasteiger partial charge in [0.25, 0.3) is 9.70 Å². The van der Waals surface area contributed by atoms with E-state index >= 15 is 0 Å². The average Bonchev–Trinajstić information content (AvgIpc) is 2.74. The highest BCUT2D eigenvalue weighted by Gasteiger charge is 2.35. The molecule has 1 aliphatic rings. The number of amides is 1. The van der Waals surface area contributed by atoms with Crippen LogP contribution in [0.4, 0.5) is 5.00 Å². The van der Waals surface area contributed by atoms with Crippen molar-refractivity contribution in [3.63, 3.8) is 0 Å². The average molecular weight is 368 g/mol. The number of aliphatic carboxylic acids is 1. The van der Waals surface area contributed by atoms with Crippen molar-refractivity contribution < 1.29 is 14.7 Å². The number of fused-ring (bicyclic) bond motifs is 1. The van der Waals surface area contributed by atoms with Crippen molar-refractivity contribution in [3.05, 3.63) is 16.0 Å². The number of carboxylic acid groups (broad SMARTS) is 1. The molecule has 0 fully saturated rings. The molecule has 0 bridgehead atoms. The molecule has 0 aromatic carbocycles. The fourth-order valence-corrected chi connectivity index (χ4v) is 3.67. The van der Waals surface area contributed by atoms with Crippen LogP contribution in [0.2, 0.25) is 0 Å². The molecule has 1 atom stereocenters. The summed E-state index contributed by atoms with van der Waals surface area (Å²) >= 11 is 17.6. The van der Waals surface area contributed by atoms with Crippen molar-refractivity contribution in [2.45, 2.75) is 29.0 Å². The highest BCUT2D eigenvalue weighted by molar-refractivity contribution is 7.16. The Kier molecular flexibility index (Phi) is 4.69. The first-order valence-electron chi connectivity index (χ1n) is 5.92. The maximum Gasteiger partial charge on any atom is 0.311 e. The van der Waals surface area contributed by atoms with E-state index in [1.54, 1.807) is 0 Å². The summed E-state index contributed by atoms with van der Waals surface area (Å²) < 4.78 is -2.15. The molecule has 2 N–H and O–H groups in total. The number of carbonyl (C=O) groups excluding carboxylic acids is 1. The van der Waals surface area contributed by atoms with E-state index in [0.29, 0.717) is 24.8 Å². The molecule has 1 heterocycles. The first-order chi connectivity index (χ1) is 9.75. The lowest BCUT2D eigenvalue weighted by Gasteiger charge is -2.18. The fraction of sp³-hybridized carbons (Fsp3) is 0.417. The maximum atomic E-state index is 11.7. The number of nitrogens with zero attached hydrogens (tertiary/aromatic N) is 1. The summed E-state index contributed by atoms with van der Waals surface area (Å²) in [4.78, 5) is 23.8. The standard InChI is InChI=1S/C12H9Cl3N2O3S/c13-12(14,15)11(20)17-9-6(4-16)8-5(10(18)19)2-1-3-7(8)21-9/h5H,1-3H2,(H,17,20)(H,18,19). The van der Waals surface area contributed by atoms with Gasteiger partial charge in [-0.1, -0.05) is 34.8 Å². The highest BCUT2D eigenvalue weighted by Crippen LogP contribution is 2.44. The number of thiophene rings is 1. The van der Waals surface area contributed by atoms with Crippen LogP contribution in [0, 0.1) is 11.3 Å². The SMILES string of the molecule is N#Cc1c(NC(=O)C(Cl)(Cl)Cl)sc2c1C(C(=O)O)CCC2. The molecule has 0 radical (unpaired) electrons. The summed E-state index contributed by atoms with van der Waals surface area (Å²) in [6.07, 6.45) is 1.85. The van der Waals surface area contributed by atoms with Crippen LogP contribution < -0.4 is 5.32 Å². The second kappa shape index (κ2) is 6.01. The zero-order chi connectivity index (χ0) is 15.8. The van der Waals surface area contributed by atoms with E-state index < -0.39 is 21.6 Å². The van der Waals surface area contributed by atoms with Gasteiger partial charge in [0, 0.05) is 10.4 Å². The van der Waals surface area contributed by atoms with E-state index in [9.17, 15) is 20.0 Å². The zero-order valence-corrected chi connectivity index (χ0v) is 13.5. The molecule has 1 aromatic heterocycles. The third-order valence-corrected chi connectivity index (χ3v) is 4.86. The third-order valence-electron chi connectivity index (χ3n) is 3.16. The monoisotopic (exact) mass is 366 g/mol. The Balaban J connectivity index is 2.44. The summed E-state index contributed by atoms with van der Waals surface area (Å²) in [5, 5.41) is 21.2. The summed E-state index contributed by atoms with van der Waals surface area (Å²) in [6.45, 7) is 0. The Morgan fingerprint density at radius 3 is 2.62 bits per heavy atom. The van der Waals surface area contributed by atoms with Gasteiger partial charge in [-0.15, -0.1) is 11.3 Å². The lowest BCUT2D eigenvalue weighted by Crippen LogP contribution is -2.26. The van der Waals surface area contributed by atoms with Crippen molar-refractivity contribution in [3.8, 4) is 6.07 Å². The number of anilines is 1. The molecule has 0 spiro atoms. The number of alkyl halides is 3. The zero-order valence-electron chi connectivity index (χ0n) is 10.5. The molecule has 21 heavy (non-hydrogen) atoms. The second-order valence-electron chi connectivity index (χ2n) is 4.49. The van der Waals surface area contributed by atoms with Crippen molar-refractivity contribution in [2.75, 3.05) is 5.32 Å². The van der Waals surface area contributed by atoms with Gasteiger partial charge in [-0.2, -0.15) is 5.26 Å². The van der Waals surface area contributed by atoms with Crippen LogP contribution in [0.3, 0.4) is 0 Å². The fourth-order valence-electron chi connectivity index (χ4n) is 2.28. The van der Waals surface area contributed by atoms with Gasteiger partial charge in [0.1, 0.15) is 11.1 Å². The minimum Gasteiger partial charge on any atom is -0.481 e. The topological polar surface area (TPSA) is 90.2 Å². The van der Waals surface area contributed by atoms with Crippen molar-refractivity contribution in [1.29, 1.82) is 5.26 Å².